The van der Waals surface area contributed by atoms with Gasteiger partial charge in [-0.15, -0.1) is 0 Å². The summed E-state index contributed by atoms with van der Waals surface area (Å²) in [5.41, 5.74) is 5.63. The van der Waals surface area contributed by atoms with Crippen LogP contribution >= 0.6 is 0 Å². The molecule has 4 N–H and O–H groups in total. The zero-order valence-corrected chi connectivity index (χ0v) is 21.0. The number of rotatable bonds is 7. The molecule has 5 rings (SSSR count). The number of aromatic amines is 1. The molecule has 0 atom stereocenters. The minimum Gasteiger partial charge on any atom is -0.466 e. The van der Waals surface area contributed by atoms with Crippen LogP contribution in [0.3, 0.4) is 0 Å². The van der Waals surface area contributed by atoms with Crippen molar-refractivity contribution in [2.45, 2.75) is 39.0 Å². The van der Waals surface area contributed by atoms with E-state index in [-0.39, 0.29) is 30.7 Å². The van der Waals surface area contributed by atoms with Crippen molar-refractivity contribution in [3.8, 4) is 0 Å². The molecule has 2 aromatic carbocycles. The maximum Gasteiger partial charge on any atom is 0.323 e. The normalized spacial score (nSPS) is 15.0. The second-order valence-electron chi connectivity index (χ2n) is 9.17. The molecule has 9 nitrogen and oxygen atoms in total. The van der Waals surface area contributed by atoms with Gasteiger partial charge in [0.05, 0.1) is 12.2 Å². The second kappa shape index (κ2) is 10.8. The highest BCUT2D eigenvalue weighted by Gasteiger charge is 2.29. The molecule has 3 amide bonds. The summed E-state index contributed by atoms with van der Waals surface area (Å²) >= 11 is 0. The SMILES string of the molecule is CCOC(=O)CCc1c(/C=C2\C(=O)Nc3ccc(NC(=O)Nc4ccccc4)cc32)[nH]c2c1C(=O)CCC2. The Hall–Kier alpha value is -4.66. The average Bonchev–Trinajstić information content (AvgIpc) is 3.41. The van der Waals surface area contributed by atoms with Crippen LogP contribution in [0.4, 0.5) is 21.9 Å². The largest absolute Gasteiger partial charge is 0.466 e. The van der Waals surface area contributed by atoms with Gasteiger partial charge in [-0.05, 0) is 68.2 Å². The van der Waals surface area contributed by atoms with E-state index in [4.69, 9.17) is 4.74 Å². The van der Waals surface area contributed by atoms with Crippen molar-refractivity contribution >= 4 is 52.4 Å². The Bertz CT molecular complexity index is 1460. The third kappa shape index (κ3) is 5.22. The van der Waals surface area contributed by atoms with E-state index in [1.807, 2.05) is 18.2 Å². The monoisotopic (exact) mass is 512 g/mol. The van der Waals surface area contributed by atoms with Gasteiger partial charge in [-0.25, -0.2) is 4.79 Å². The Morgan fingerprint density at radius 1 is 1.03 bits per heavy atom. The number of H-pyrrole nitrogens is 1. The second-order valence-corrected chi connectivity index (χ2v) is 9.17. The Balaban J connectivity index is 1.45. The van der Waals surface area contributed by atoms with Crippen LogP contribution in [0.25, 0.3) is 11.6 Å². The van der Waals surface area contributed by atoms with Crippen molar-refractivity contribution < 1.29 is 23.9 Å². The summed E-state index contributed by atoms with van der Waals surface area (Å²) in [6.07, 6.45) is 4.12. The number of aromatic nitrogens is 1. The molecule has 194 valence electrons. The third-order valence-corrected chi connectivity index (χ3v) is 6.59. The fourth-order valence-corrected chi connectivity index (χ4v) is 4.90. The van der Waals surface area contributed by atoms with Gasteiger partial charge in [0, 0.05) is 52.4 Å². The van der Waals surface area contributed by atoms with E-state index in [9.17, 15) is 19.2 Å². The standard InChI is InChI=1S/C29H28N4O5/c1-2-38-26(35)14-12-19-24(32-23-9-6-10-25(34)27(19)23)16-21-20-15-18(11-13-22(20)33-28(21)36)31-29(37)30-17-7-4-3-5-8-17/h3-5,7-8,11,13,15-16,32H,2,6,9-10,12,14H2,1H3,(H,33,36)(H2,30,31,37)/b21-16-. The molecule has 0 saturated carbocycles. The van der Waals surface area contributed by atoms with E-state index in [1.165, 1.54) is 0 Å². The minimum atomic E-state index is -0.407. The molecule has 1 aliphatic carbocycles. The van der Waals surface area contributed by atoms with Crippen LogP contribution in [0.15, 0.2) is 48.5 Å². The van der Waals surface area contributed by atoms with Crippen LogP contribution in [-0.2, 0) is 27.2 Å². The summed E-state index contributed by atoms with van der Waals surface area (Å²) in [6, 6.07) is 13.9. The van der Waals surface area contributed by atoms with Crippen LogP contribution < -0.4 is 16.0 Å². The van der Waals surface area contributed by atoms with E-state index in [0.717, 1.165) is 24.1 Å². The van der Waals surface area contributed by atoms with Gasteiger partial charge in [0.15, 0.2) is 5.78 Å². The first-order valence-electron chi connectivity index (χ1n) is 12.7. The van der Waals surface area contributed by atoms with Crippen molar-refractivity contribution in [1.29, 1.82) is 0 Å². The molecule has 2 aliphatic rings. The lowest BCUT2D eigenvalue weighted by molar-refractivity contribution is -0.143. The zero-order chi connectivity index (χ0) is 26.6. The first kappa shape index (κ1) is 25.0. The van der Waals surface area contributed by atoms with Gasteiger partial charge in [0.25, 0.3) is 5.91 Å². The number of carbonyl (C=O) groups is 4. The summed E-state index contributed by atoms with van der Waals surface area (Å²) in [4.78, 5) is 53.6. The van der Waals surface area contributed by atoms with Gasteiger partial charge in [-0.2, -0.15) is 0 Å². The molecule has 1 aromatic heterocycles. The summed E-state index contributed by atoms with van der Waals surface area (Å²) < 4.78 is 5.08. The molecule has 0 spiro atoms. The number of nitrogens with one attached hydrogen (secondary N) is 4. The highest BCUT2D eigenvalue weighted by Crippen LogP contribution is 2.37. The maximum atomic E-state index is 12.9. The number of ether oxygens (including phenoxy) is 1. The number of carbonyl (C=O) groups excluding carboxylic acids is 4. The Labute approximate surface area is 219 Å². The Kier molecular flexibility index (Phi) is 7.08. The Morgan fingerprint density at radius 2 is 1.82 bits per heavy atom. The number of amides is 3. The van der Waals surface area contributed by atoms with Gasteiger partial charge < -0.3 is 25.7 Å². The van der Waals surface area contributed by atoms with Crippen LogP contribution in [0, 0.1) is 0 Å². The topological polar surface area (TPSA) is 129 Å². The van der Waals surface area contributed by atoms with E-state index in [2.05, 4.69) is 20.9 Å². The van der Waals surface area contributed by atoms with Gasteiger partial charge in [-0.3, -0.25) is 14.4 Å². The molecule has 0 bridgehead atoms. The molecule has 9 heteroatoms. The molecule has 0 fully saturated rings. The number of aryl methyl sites for hydroxylation is 1. The smallest absolute Gasteiger partial charge is 0.323 e. The summed E-state index contributed by atoms with van der Waals surface area (Å²) in [6.45, 7) is 2.04. The summed E-state index contributed by atoms with van der Waals surface area (Å²) in [7, 11) is 0. The van der Waals surface area contributed by atoms with Crippen molar-refractivity contribution in [2.24, 2.45) is 0 Å². The number of hydrogen-bond donors (Lipinski definition) is 4. The fourth-order valence-electron chi connectivity index (χ4n) is 4.90. The predicted octanol–water partition coefficient (Wildman–Crippen LogP) is 5.17. The first-order valence-corrected chi connectivity index (χ1v) is 12.7. The average molecular weight is 513 g/mol. The highest BCUT2D eigenvalue weighted by molar-refractivity contribution is 6.35. The van der Waals surface area contributed by atoms with E-state index in [1.54, 1.807) is 43.3 Å². The molecular formula is C29H28N4O5. The van der Waals surface area contributed by atoms with Crippen molar-refractivity contribution in [3.63, 3.8) is 0 Å². The molecule has 0 radical (unpaired) electrons. The predicted molar refractivity (Wildman–Crippen MR) is 145 cm³/mol. The van der Waals surface area contributed by atoms with Crippen molar-refractivity contribution in [1.82, 2.24) is 4.98 Å². The molecule has 2 heterocycles. The molecule has 38 heavy (non-hydrogen) atoms. The number of benzene rings is 2. The Morgan fingerprint density at radius 3 is 2.61 bits per heavy atom. The number of anilines is 3. The van der Waals surface area contributed by atoms with E-state index in [0.29, 0.717) is 52.3 Å². The van der Waals surface area contributed by atoms with Gasteiger partial charge >= 0.3 is 12.0 Å². The lowest BCUT2D eigenvalue weighted by atomic mass is 9.91. The number of para-hydroxylation sites is 1. The number of ketones is 1. The van der Waals surface area contributed by atoms with Crippen LogP contribution in [0.2, 0.25) is 0 Å². The van der Waals surface area contributed by atoms with Crippen LogP contribution in [0.5, 0.6) is 0 Å². The fraction of sp³-hybridized carbons (Fsp3) is 0.241. The summed E-state index contributed by atoms with van der Waals surface area (Å²) in [5, 5.41) is 8.42. The van der Waals surface area contributed by atoms with Gasteiger partial charge in [0.1, 0.15) is 0 Å². The maximum absolute atomic E-state index is 12.9. The molecule has 0 unspecified atom stereocenters. The van der Waals surface area contributed by atoms with Crippen LogP contribution in [0.1, 0.15) is 59.1 Å². The molecule has 0 saturated heterocycles. The number of esters is 1. The lowest BCUT2D eigenvalue weighted by Gasteiger charge is -2.11. The number of urea groups is 1. The zero-order valence-electron chi connectivity index (χ0n) is 21.0. The highest BCUT2D eigenvalue weighted by atomic mass is 16.5. The molecule has 1 aliphatic heterocycles. The number of fused-ring (bicyclic) bond motifs is 2. The molecular weight excluding hydrogens is 484 g/mol. The quantitative estimate of drug-likeness (QED) is 0.257. The van der Waals surface area contributed by atoms with Crippen LogP contribution in [-0.4, -0.2) is 35.3 Å². The van der Waals surface area contributed by atoms with Gasteiger partial charge in [0.2, 0.25) is 0 Å². The number of Topliss-reactive ketones (excluding diaryl/α,β-unsaturated/α-hetero) is 1. The van der Waals surface area contributed by atoms with E-state index < -0.39 is 6.03 Å². The summed E-state index contributed by atoms with van der Waals surface area (Å²) in [5.74, 6) is -0.586. The van der Waals surface area contributed by atoms with E-state index >= 15 is 0 Å². The minimum absolute atomic E-state index is 0.0400. The first-order chi connectivity index (χ1) is 18.4. The lowest BCUT2D eigenvalue weighted by Crippen LogP contribution is -2.19. The number of hydrogen-bond acceptors (Lipinski definition) is 5. The van der Waals surface area contributed by atoms with Gasteiger partial charge in [-0.1, -0.05) is 18.2 Å². The third-order valence-electron chi connectivity index (χ3n) is 6.59. The molecule has 3 aromatic rings. The van der Waals surface area contributed by atoms with Crippen molar-refractivity contribution in [2.75, 3.05) is 22.6 Å². The van der Waals surface area contributed by atoms with Crippen molar-refractivity contribution in [3.05, 3.63) is 76.6 Å².